The van der Waals surface area contributed by atoms with Crippen molar-refractivity contribution in [3.8, 4) is 22.5 Å². The zero-order chi connectivity index (χ0) is 42.1. The fraction of sp³-hybridized carbons (Fsp3) is 0.341. The third-order valence-corrected chi connectivity index (χ3v) is 11.4. The van der Waals surface area contributed by atoms with Crippen molar-refractivity contribution >= 4 is 45.9 Å². The topological polar surface area (TPSA) is 205 Å². The van der Waals surface area contributed by atoms with Gasteiger partial charge in [-0.3, -0.25) is 14.4 Å². The van der Waals surface area contributed by atoms with Gasteiger partial charge in [0.2, 0.25) is 11.3 Å². The maximum Gasteiger partial charge on any atom is 0.407 e. The molecule has 4 amide bonds. The summed E-state index contributed by atoms with van der Waals surface area (Å²) in [6, 6.07) is 17.5. The molecule has 4 N–H and O–H groups in total. The number of H-pyrrole nitrogens is 2. The quantitative estimate of drug-likeness (QED) is 0.110. The maximum atomic E-state index is 14.0. The van der Waals surface area contributed by atoms with Crippen LogP contribution in [0, 0.1) is 5.92 Å². The fourth-order valence-electron chi connectivity index (χ4n) is 8.28. The highest BCUT2D eigenvalue weighted by Gasteiger charge is 2.39. The Bertz CT molecular complexity index is 2640. The van der Waals surface area contributed by atoms with Crippen molar-refractivity contribution in [2.24, 2.45) is 5.92 Å². The molecule has 16 nitrogen and oxygen atoms in total. The van der Waals surface area contributed by atoms with Gasteiger partial charge in [-0.05, 0) is 67.5 Å². The van der Waals surface area contributed by atoms with E-state index < -0.39 is 24.3 Å². The molecule has 0 radical (unpaired) electrons. The van der Waals surface area contributed by atoms with Gasteiger partial charge in [-0.15, -0.1) is 0 Å². The summed E-state index contributed by atoms with van der Waals surface area (Å²) in [7, 11) is 2.53. The highest BCUT2D eigenvalue weighted by molar-refractivity contribution is 5.93. The highest BCUT2D eigenvalue weighted by Crippen LogP contribution is 2.36. The van der Waals surface area contributed by atoms with E-state index in [1.165, 1.54) is 14.2 Å². The zero-order valence-corrected chi connectivity index (χ0v) is 33.7. The van der Waals surface area contributed by atoms with Crippen LogP contribution in [0.1, 0.15) is 74.9 Å². The van der Waals surface area contributed by atoms with E-state index in [-0.39, 0.29) is 35.2 Å². The standard InChI is InChI=1S/C44H46N8O8/c1-24(2)36(49-43(56)58-3)41(54)51-18-8-12-32(51)39-46-23-31(48-39)27-14-16-28-35(21-27)60-34-17-15-26(20-29(34)38(28)53)30-22-45-40(47-30)33-13-9-19-52(33)42(55)37(50-44(57)59-4)25-10-6-5-7-11-25/h5-7,10-11,14-17,20-24,32-33,36-37H,8-9,12-13,18-19H2,1-4H3,(H,45,47)(H,46,48)(H,49,56)(H,50,57). The Morgan fingerprint density at radius 2 is 1.32 bits per heavy atom. The number of ether oxygens (including phenoxy) is 2. The van der Waals surface area contributed by atoms with Gasteiger partial charge in [-0.2, -0.15) is 0 Å². The van der Waals surface area contributed by atoms with E-state index in [9.17, 15) is 24.0 Å². The van der Waals surface area contributed by atoms with Crippen molar-refractivity contribution in [1.82, 2.24) is 40.4 Å². The number of alkyl carbamates (subject to hydrolysis) is 2. The van der Waals surface area contributed by atoms with Crippen LogP contribution in [0.25, 0.3) is 44.5 Å². The number of methoxy groups -OCH3 is 2. The molecule has 2 saturated heterocycles. The number of aromatic amines is 2. The Morgan fingerprint density at radius 3 is 1.93 bits per heavy atom. The molecule has 0 bridgehead atoms. The monoisotopic (exact) mass is 814 g/mol. The van der Waals surface area contributed by atoms with E-state index in [1.807, 2.05) is 44.2 Å². The molecule has 4 unspecified atom stereocenters. The molecule has 3 aromatic carbocycles. The summed E-state index contributed by atoms with van der Waals surface area (Å²) in [5, 5.41) is 6.17. The normalized spacial score (nSPS) is 17.6. The highest BCUT2D eigenvalue weighted by atomic mass is 16.5. The minimum Gasteiger partial charge on any atom is -0.456 e. The second kappa shape index (κ2) is 16.7. The molecule has 60 heavy (non-hydrogen) atoms. The van der Waals surface area contributed by atoms with Crippen LogP contribution < -0.4 is 16.1 Å². The van der Waals surface area contributed by atoms with Crippen LogP contribution in [0.2, 0.25) is 0 Å². The number of carbonyl (C=O) groups excluding carboxylic acids is 4. The van der Waals surface area contributed by atoms with Crippen molar-refractivity contribution in [3.63, 3.8) is 0 Å². The number of amides is 4. The average molecular weight is 815 g/mol. The SMILES string of the molecule is COC(=O)NC(C(=O)N1CCCC1c1ncc(-c2ccc3oc4cc(-c5cnc(C6CCCN6C(=O)C(NC(=O)OC)C(C)C)[nH]5)ccc4c(=O)c3c2)[nH]1)c1ccccc1. The van der Waals surface area contributed by atoms with E-state index in [4.69, 9.17) is 13.9 Å². The summed E-state index contributed by atoms with van der Waals surface area (Å²) in [5.41, 5.74) is 4.12. The average Bonchev–Trinajstić information content (AvgIpc) is 4.11. The number of fused-ring (bicyclic) bond motifs is 2. The van der Waals surface area contributed by atoms with Gasteiger partial charge in [-0.25, -0.2) is 19.6 Å². The Hall–Kier alpha value is -6.97. The van der Waals surface area contributed by atoms with Crippen LogP contribution >= 0.6 is 0 Å². The number of aromatic nitrogens is 4. The lowest BCUT2D eigenvalue weighted by molar-refractivity contribution is -0.135. The number of hydrogen-bond donors (Lipinski definition) is 4. The molecule has 310 valence electrons. The third kappa shape index (κ3) is 7.67. The van der Waals surface area contributed by atoms with Crippen molar-refractivity contribution in [2.75, 3.05) is 27.3 Å². The van der Waals surface area contributed by atoms with Gasteiger partial charge in [0, 0.05) is 24.2 Å². The van der Waals surface area contributed by atoms with Gasteiger partial charge in [0.05, 0.1) is 60.9 Å². The van der Waals surface area contributed by atoms with Crippen molar-refractivity contribution in [3.05, 3.63) is 107 Å². The number of imidazole rings is 2. The van der Waals surface area contributed by atoms with E-state index in [0.29, 0.717) is 76.5 Å². The van der Waals surface area contributed by atoms with Gasteiger partial charge in [0.1, 0.15) is 34.9 Å². The first-order chi connectivity index (χ1) is 29.0. The molecular formula is C44H46N8O8. The van der Waals surface area contributed by atoms with Crippen LogP contribution in [-0.4, -0.2) is 87.1 Å². The van der Waals surface area contributed by atoms with Gasteiger partial charge in [-0.1, -0.05) is 50.2 Å². The minimum atomic E-state index is -0.932. The summed E-state index contributed by atoms with van der Waals surface area (Å²) >= 11 is 0. The molecular weight excluding hydrogens is 769 g/mol. The predicted octanol–water partition coefficient (Wildman–Crippen LogP) is 6.53. The largest absolute Gasteiger partial charge is 0.456 e. The lowest BCUT2D eigenvalue weighted by Crippen LogP contribution is -2.51. The van der Waals surface area contributed by atoms with Crippen LogP contribution in [0.15, 0.2) is 88.3 Å². The van der Waals surface area contributed by atoms with Gasteiger partial charge < -0.3 is 44.3 Å². The van der Waals surface area contributed by atoms with Gasteiger partial charge in [0.25, 0.3) is 5.91 Å². The summed E-state index contributed by atoms with van der Waals surface area (Å²) < 4.78 is 15.9. The van der Waals surface area contributed by atoms with E-state index in [0.717, 1.165) is 24.0 Å². The Labute approximate surface area is 344 Å². The first-order valence-electron chi connectivity index (χ1n) is 20.0. The van der Waals surface area contributed by atoms with E-state index in [1.54, 1.807) is 58.6 Å². The molecule has 16 heteroatoms. The smallest absolute Gasteiger partial charge is 0.407 e. The van der Waals surface area contributed by atoms with Crippen molar-refractivity contribution < 1.29 is 33.1 Å². The van der Waals surface area contributed by atoms with Gasteiger partial charge >= 0.3 is 12.2 Å². The second-order valence-corrected chi connectivity index (χ2v) is 15.4. The number of rotatable bonds is 10. The Morgan fingerprint density at radius 1 is 0.733 bits per heavy atom. The maximum absolute atomic E-state index is 14.0. The second-order valence-electron chi connectivity index (χ2n) is 15.4. The minimum absolute atomic E-state index is 0.149. The molecule has 2 fully saturated rings. The summed E-state index contributed by atoms with van der Waals surface area (Å²) in [5.74, 6) is 0.622. The number of likely N-dealkylation sites (tertiary alicyclic amines) is 2. The molecule has 0 aliphatic carbocycles. The first kappa shape index (κ1) is 39.8. The molecule has 3 aromatic heterocycles. The number of carbonyl (C=O) groups is 4. The van der Waals surface area contributed by atoms with Gasteiger partial charge in [0.15, 0.2) is 0 Å². The Kier molecular flexibility index (Phi) is 11.1. The molecule has 8 rings (SSSR count). The molecule has 0 spiro atoms. The summed E-state index contributed by atoms with van der Waals surface area (Å²) in [6.45, 7) is 4.78. The van der Waals surface area contributed by atoms with E-state index in [2.05, 4.69) is 30.6 Å². The fourth-order valence-corrected chi connectivity index (χ4v) is 8.28. The molecule has 2 aliphatic rings. The van der Waals surface area contributed by atoms with Crippen LogP contribution in [0.3, 0.4) is 0 Å². The number of hydrogen-bond acceptors (Lipinski definition) is 10. The predicted molar refractivity (Wildman–Crippen MR) is 221 cm³/mol. The number of nitrogens with one attached hydrogen (secondary N) is 4. The summed E-state index contributed by atoms with van der Waals surface area (Å²) in [4.78, 5) is 85.3. The zero-order valence-electron chi connectivity index (χ0n) is 33.7. The molecule has 4 atom stereocenters. The molecule has 6 aromatic rings. The van der Waals surface area contributed by atoms with Crippen LogP contribution in [-0.2, 0) is 19.1 Å². The van der Waals surface area contributed by atoms with Crippen molar-refractivity contribution in [2.45, 2.75) is 63.7 Å². The number of nitrogens with zero attached hydrogens (tertiary/aromatic N) is 4. The number of benzene rings is 3. The lowest BCUT2D eigenvalue weighted by Gasteiger charge is -2.30. The van der Waals surface area contributed by atoms with Crippen molar-refractivity contribution in [1.29, 1.82) is 0 Å². The Balaban J connectivity index is 1.01. The first-order valence-corrected chi connectivity index (χ1v) is 20.0. The van der Waals surface area contributed by atoms with Crippen LogP contribution in [0.4, 0.5) is 9.59 Å². The molecule has 5 heterocycles. The lowest BCUT2D eigenvalue weighted by atomic mass is 10.0. The van der Waals surface area contributed by atoms with E-state index >= 15 is 0 Å². The molecule has 2 aliphatic heterocycles. The third-order valence-electron chi connectivity index (χ3n) is 11.4. The summed E-state index contributed by atoms with van der Waals surface area (Å²) in [6.07, 6.45) is 4.98. The van der Waals surface area contributed by atoms with Crippen LogP contribution in [0.5, 0.6) is 0 Å². The molecule has 0 saturated carbocycles.